The maximum Gasteiger partial charge on any atom is 0.326 e. The highest BCUT2D eigenvalue weighted by atomic mass is 16.4. The number of nitrogens with one attached hydrogen (secondary N) is 12. The molecule has 0 spiro atoms. The Balaban J connectivity index is 1.23. The maximum absolute atomic E-state index is 14.7. The number of aliphatic carboxylic acids is 6. The molecule has 0 saturated heterocycles. The van der Waals surface area contributed by atoms with E-state index in [1.807, 2.05) is 0 Å². The van der Waals surface area contributed by atoms with Crippen molar-refractivity contribution in [3.05, 3.63) is 138 Å². The quantitative estimate of drug-likeness (QED) is 0.0277. The standard InChI is InChI=1S/C87H121N13O24/c1-53(2)75(85(121)94-63(41-46-73(109)110)82(118)100-76(54(3)4)86(122)95-64(87(123)124)42-47-74(111)112)99-69(102)33-22-10-8-6-5-7-9-11-24-48-89-77(113)58-34-36-59(37-35-58)91-68(101)32-23-15-25-49-90-79(115)65(50-55-26-16-12-17-27-55)96-83(119)67(52-57-30-20-14-21-31-57)98-84(120)66(51-56-28-18-13-19-29-56)97-81(117)62(40-45-72(107)108)93-80(116)61(39-44-71(105)106)92-78(114)60(88)38-43-70(103)104/h12-14,16-21,26-31,34-37,53-54,60-67,75-76H,5-11,15,22-25,32-33,38-52,88H2,1-4H3,(H,89,113)(H,90,115)(H,91,101)(H,92,114)(H,93,116)(H,94,121)(H,95,122)(H,96,119)(H,97,117)(H,98,120)(H,99,102)(H,100,118)(H,103,104)(H,105,106)(H,107,108)(H,109,110)(H,111,112)(H,123,124)/t60-,61-,62-,63-,64-,65-,66-,67-,75-,76-/m0/s1. The van der Waals surface area contributed by atoms with Crippen molar-refractivity contribution in [1.29, 1.82) is 0 Å². The van der Waals surface area contributed by atoms with Crippen molar-refractivity contribution in [2.75, 3.05) is 18.4 Å². The van der Waals surface area contributed by atoms with Gasteiger partial charge in [-0.3, -0.25) is 81.5 Å². The van der Waals surface area contributed by atoms with E-state index in [0.29, 0.717) is 60.2 Å². The van der Waals surface area contributed by atoms with Crippen LogP contribution in [0.15, 0.2) is 115 Å². The molecular formula is C87H121N13O24. The molecule has 0 aliphatic carbocycles. The van der Waals surface area contributed by atoms with Gasteiger partial charge in [0.15, 0.2) is 0 Å². The number of amides is 12. The number of hydrogen-bond donors (Lipinski definition) is 19. The molecule has 10 atom stereocenters. The Kier molecular flexibility index (Phi) is 47.5. The Morgan fingerprint density at radius 3 is 1.00 bits per heavy atom. The number of carboxylic acid groups (broad SMARTS) is 6. The minimum absolute atomic E-state index is 0.0184. The van der Waals surface area contributed by atoms with Crippen molar-refractivity contribution in [2.24, 2.45) is 17.6 Å². The summed E-state index contributed by atoms with van der Waals surface area (Å²) in [6, 6.07) is 17.8. The summed E-state index contributed by atoms with van der Waals surface area (Å²) >= 11 is 0. The summed E-state index contributed by atoms with van der Waals surface area (Å²) in [7, 11) is 0. The second-order valence-electron chi connectivity index (χ2n) is 31.0. The van der Waals surface area contributed by atoms with Crippen molar-refractivity contribution >= 4 is 112 Å². The highest BCUT2D eigenvalue weighted by Crippen LogP contribution is 2.18. The molecule has 0 fully saturated rings. The lowest BCUT2D eigenvalue weighted by atomic mass is 10.00. The van der Waals surface area contributed by atoms with Gasteiger partial charge in [0.1, 0.15) is 54.4 Å². The van der Waals surface area contributed by atoms with E-state index in [1.165, 1.54) is 0 Å². The molecule has 0 radical (unpaired) electrons. The molecule has 20 N–H and O–H groups in total. The number of benzene rings is 4. The normalized spacial score (nSPS) is 13.4. The third-order valence-electron chi connectivity index (χ3n) is 20.0. The van der Waals surface area contributed by atoms with E-state index in [2.05, 4.69) is 63.8 Å². The first-order valence-electron chi connectivity index (χ1n) is 41.9. The van der Waals surface area contributed by atoms with Gasteiger partial charge >= 0.3 is 35.8 Å². The van der Waals surface area contributed by atoms with Gasteiger partial charge in [-0.1, -0.05) is 170 Å². The van der Waals surface area contributed by atoms with Crippen LogP contribution in [0.1, 0.15) is 209 Å². The smallest absolute Gasteiger partial charge is 0.326 e. The number of nitrogens with two attached hydrogens (primary N) is 1. The fourth-order valence-electron chi connectivity index (χ4n) is 13.0. The zero-order valence-corrected chi connectivity index (χ0v) is 70.5. The SMILES string of the molecule is CC(C)[C@H](NC(=O)CCCCCCCCCCCNC(=O)c1ccc(NC(=O)CCCCCNC(=O)[C@H](Cc2ccccc2)NC(=O)[C@H](Cc2ccccc2)NC(=O)[C@H](Cc2ccccc2)NC(=O)[C@H](CCC(=O)O)NC(=O)[C@H](CCC(=O)O)NC(=O)[C@@H](N)CCC(=O)O)cc1)C(=O)N[C@@H](CCC(=O)O)C(=O)N[C@H](C(=O)N[C@@H](CCC(=O)O)C(=O)O)C(C)C. The minimum Gasteiger partial charge on any atom is -0.481 e. The summed E-state index contributed by atoms with van der Waals surface area (Å²) in [5, 5.41) is 87.6. The van der Waals surface area contributed by atoms with Gasteiger partial charge in [-0.15, -0.1) is 0 Å². The largest absolute Gasteiger partial charge is 0.481 e. The van der Waals surface area contributed by atoms with Gasteiger partial charge in [-0.25, -0.2) is 4.79 Å². The van der Waals surface area contributed by atoms with E-state index in [9.17, 15) is 107 Å². The van der Waals surface area contributed by atoms with E-state index < -0.39 is 219 Å². The molecule has 0 saturated carbocycles. The van der Waals surface area contributed by atoms with Crippen LogP contribution < -0.4 is 69.5 Å². The van der Waals surface area contributed by atoms with E-state index in [0.717, 1.165) is 51.4 Å². The minimum atomic E-state index is -1.72. The van der Waals surface area contributed by atoms with Crippen molar-refractivity contribution in [1.82, 2.24) is 58.5 Å². The highest BCUT2D eigenvalue weighted by molar-refractivity contribution is 5.99. The van der Waals surface area contributed by atoms with Crippen molar-refractivity contribution in [3.8, 4) is 0 Å². The van der Waals surface area contributed by atoms with Gasteiger partial charge in [0.2, 0.25) is 65.0 Å². The van der Waals surface area contributed by atoms with Gasteiger partial charge < -0.3 is 100 Å². The van der Waals surface area contributed by atoms with Gasteiger partial charge in [-0.2, -0.15) is 0 Å². The first kappa shape index (κ1) is 104. The summed E-state index contributed by atoms with van der Waals surface area (Å²) in [5.41, 5.74) is 8.54. The van der Waals surface area contributed by atoms with Crippen LogP contribution >= 0.6 is 0 Å². The Hall–Kier alpha value is -12.7. The Morgan fingerprint density at radius 1 is 0.290 bits per heavy atom. The molecule has 678 valence electrons. The lowest BCUT2D eigenvalue weighted by Gasteiger charge is -2.28. The monoisotopic (exact) mass is 1730 g/mol. The van der Waals surface area contributed by atoms with Crippen molar-refractivity contribution < 1.29 is 117 Å². The predicted octanol–water partition coefficient (Wildman–Crippen LogP) is 4.07. The van der Waals surface area contributed by atoms with E-state index >= 15 is 0 Å². The number of rotatable bonds is 62. The molecule has 0 unspecified atom stereocenters. The lowest BCUT2D eigenvalue weighted by molar-refractivity contribution is -0.144. The molecule has 37 nitrogen and oxygen atoms in total. The maximum atomic E-state index is 14.7. The third kappa shape index (κ3) is 42.2. The summed E-state index contributed by atoms with van der Waals surface area (Å²) in [6.07, 6.45) is 3.75. The fraction of sp³-hybridized carbons (Fsp3) is 0.517. The van der Waals surface area contributed by atoms with Gasteiger partial charge in [0.05, 0.1) is 6.04 Å². The van der Waals surface area contributed by atoms with Crippen LogP contribution in [0.5, 0.6) is 0 Å². The summed E-state index contributed by atoms with van der Waals surface area (Å²) in [5.74, 6) is -18.2. The Labute approximate surface area is 719 Å². The highest BCUT2D eigenvalue weighted by Gasteiger charge is 2.37. The van der Waals surface area contributed by atoms with Crippen molar-refractivity contribution in [3.63, 3.8) is 0 Å². The summed E-state index contributed by atoms with van der Waals surface area (Å²) < 4.78 is 0. The molecule has 0 aliphatic heterocycles. The summed E-state index contributed by atoms with van der Waals surface area (Å²) in [6.45, 7) is 7.08. The molecule has 0 heterocycles. The van der Waals surface area contributed by atoms with Gasteiger partial charge in [-0.05, 0) is 111 Å². The number of anilines is 1. The third-order valence-corrected chi connectivity index (χ3v) is 20.0. The van der Waals surface area contributed by atoms with Gasteiger partial charge in [0.25, 0.3) is 5.91 Å². The zero-order valence-electron chi connectivity index (χ0n) is 70.5. The zero-order chi connectivity index (χ0) is 91.6. The second kappa shape index (κ2) is 56.8. The second-order valence-corrected chi connectivity index (χ2v) is 31.0. The average molecular weight is 1730 g/mol. The number of carbonyl (C=O) groups is 18. The van der Waals surface area contributed by atoms with Crippen LogP contribution in [0.3, 0.4) is 0 Å². The number of carbonyl (C=O) groups excluding carboxylic acids is 12. The molecule has 37 heteroatoms. The van der Waals surface area contributed by atoms with E-state index in [-0.39, 0.29) is 63.3 Å². The molecule has 4 aromatic carbocycles. The summed E-state index contributed by atoms with van der Waals surface area (Å²) in [4.78, 5) is 233. The van der Waals surface area contributed by atoms with Crippen LogP contribution in [-0.2, 0) is 101 Å². The lowest BCUT2D eigenvalue weighted by Crippen LogP contribution is -2.60. The Bertz CT molecular complexity index is 4180. The van der Waals surface area contributed by atoms with E-state index in [1.54, 1.807) is 143 Å². The number of unbranched alkanes of at least 4 members (excludes halogenated alkanes) is 10. The predicted molar refractivity (Wildman–Crippen MR) is 453 cm³/mol. The van der Waals surface area contributed by atoms with E-state index in [4.69, 9.17) is 15.9 Å². The first-order chi connectivity index (χ1) is 59.0. The number of hydrogen-bond acceptors (Lipinski definition) is 19. The molecular weight excluding hydrogens is 1610 g/mol. The fourth-order valence-corrected chi connectivity index (χ4v) is 13.0. The molecule has 0 aliphatic rings. The molecule has 0 aromatic heterocycles. The molecule has 4 rings (SSSR count). The Morgan fingerprint density at radius 2 is 0.597 bits per heavy atom. The average Bonchev–Trinajstić information content (AvgIpc) is 0.848. The van der Waals surface area contributed by atoms with Crippen LogP contribution in [0.2, 0.25) is 0 Å². The number of carboxylic acids is 6. The van der Waals surface area contributed by atoms with Crippen LogP contribution in [0, 0.1) is 11.8 Å². The van der Waals surface area contributed by atoms with Crippen molar-refractivity contribution in [2.45, 2.75) is 261 Å². The molecule has 0 bridgehead atoms. The topological polar surface area (TPSA) is 599 Å². The molecule has 12 amide bonds. The molecule has 4 aromatic rings. The molecule has 124 heavy (non-hydrogen) atoms. The van der Waals surface area contributed by atoms with Crippen LogP contribution in [-0.4, -0.2) is 211 Å². The van der Waals surface area contributed by atoms with Crippen LogP contribution in [0.25, 0.3) is 0 Å². The first-order valence-corrected chi connectivity index (χ1v) is 41.9. The van der Waals surface area contributed by atoms with Crippen LogP contribution in [0.4, 0.5) is 5.69 Å². The van der Waals surface area contributed by atoms with Gasteiger partial charge in [0, 0.05) is 88.5 Å².